The number of carbonyl (C=O) groups is 1. The minimum absolute atomic E-state index is 0.341. The summed E-state index contributed by atoms with van der Waals surface area (Å²) in [5, 5.41) is 0. The molecule has 4 nitrogen and oxygen atoms in total. The molecule has 0 aliphatic heterocycles. The van der Waals surface area contributed by atoms with Gasteiger partial charge < -0.3 is 4.74 Å². The van der Waals surface area contributed by atoms with E-state index in [1.54, 1.807) is 0 Å². The van der Waals surface area contributed by atoms with E-state index in [2.05, 4.69) is 9.97 Å². The van der Waals surface area contributed by atoms with Gasteiger partial charge in [-0.25, -0.2) is 9.97 Å². The van der Waals surface area contributed by atoms with Crippen molar-refractivity contribution in [3.8, 4) is 5.88 Å². The van der Waals surface area contributed by atoms with Gasteiger partial charge in [-0.1, -0.05) is 13.8 Å². The van der Waals surface area contributed by atoms with Crippen molar-refractivity contribution in [1.29, 1.82) is 0 Å². The van der Waals surface area contributed by atoms with Gasteiger partial charge >= 0.3 is 0 Å². The lowest BCUT2D eigenvalue weighted by Crippen LogP contribution is -2.06. The lowest BCUT2D eigenvalue weighted by Gasteiger charge is -2.06. The first kappa shape index (κ1) is 9.64. The van der Waals surface area contributed by atoms with Gasteiger partial charge in [0.1, 0.15) is 12.0 Å². The van der Waals surface area contributed by atoms with Crippen molar-refractivity contribution < 1.29 is 9.53 Å². The minimum Gasteiger partial charge on any atom is -0.477 e. The van der Waals surface area contributed by atoms with E-state index in [0.29, 0.717) is 30.4 Å². The molecule has 0 saturated carbocycles. The fourth-order valence-corrected chi connectivity index (χ4v) is 0.749. The maximum atomic E-state index is 10.4. The molecular formula is C9H12N2O2. The zero-order valence-corrected chi connectivity index (χ0v) is 7.73. The molecule has 0 aliphatic rings. The Morgan fingerprint density at radius 2 is 2.31 bits per heavy atom. The van der Waals surface area contributed by atoms with Crippen LogP contribution >= 0.6 is 0 Å². The van der Waals surface area contributed by atoms with Crippen molar-refractivity contribution in [3.63, 3.8) is 0 Å². The van der Waals surface area contributed by atoms with Crippen LogP contribution in [0.15, 0.2) is 12.4 Å². The van der Waals surface area contributed by atoms with E-state index >= 15 is 0 Å². The van der Waals surface area contributed by atoms with Gasteiger partial charge in [-0.3, -0.25) is 4.79 Å². The highest BCUT2D eigenvalue weighted by Gasteiger charge is 1.99. The first-order valence-corrected chi connectivity index (χ1v) is 4.12. The van der Waals surface area contributed by atoms with Gasteiger partial charge in [-0.15, -0.1) is 0 Å². The van der Waals surface area contributed by atoms with Gasteiger partial charge in [0.15, 0.2) is 6.29 Å². The fourth-order valence-electron chi connectivity index (χ4n) is 0.749. The Balaban J connectivity index is 2.61. The van der Waals surface area contributed by atoms with E-state index < -0.39 is 0 Å². The molecule has 0 atom stereocenters. The Morgan fingerprint density at radius 3 is 2.92 bits per heavy atom. The van der Waals surface area contributed by atoms with Crippen molar-refractivity contribution in [2.24, 2.45) is 5.92 Å². The molecule has 0 amide bonds. The molecule has 13 heavy (non-hydrogen) atoms. The molecule has 1 aromatic rings. The maximum absolute atomic E-state index is 10.4. The third-order valence-electron chi connectivity index (χ3n) is 1.35. The molecule has 0 aromatic carbocycles. The second-order valence-electron chi connectivity index (χ2n) is 3.10. The molecule has 70 valence electrons. The summed E-state index contributed by atoms with van der Waals surface area (Å²) in [5.41, 5.74) is 0.341. The van der Waals surface area contributed by atoms with Gasteiger partial charge in [0, 0.05) is 6.07 Å². The zero-order valence-electron chi connectivity index (χ0n) is 7.73. The predicted octanol–water partition coefficient (Wildman–Crippen LogP) is 1.32. The molecule has 1 heterocycles. The quantitative estimate of drug-likeness (QED) is 0.656. The van der Waals surface area contributed by atoms with E-state index in [1.165, 1.54) is 12.4 Å². The zero-order chi connectivity index (χ0) is 9.68. The Labute approximate surface area is 77.0 Å². The monoisotopic (exact) mass is 180 g/mol. The van der Waals surface area contributed by atoms with Crippen molar-refractivity contribution in [2.75, 3.05) is 6.61 Å². The summed E-state index contributed by atoms with van der Waals surface area (Å²) >= 11 is 0. The summed E-state index contributed by atoms with van der Waals surface area (Å²) in [7, 11) is 0. The normalized spacial score (nSPS) is 10.1. The number of aldehydes is 1. The largest absolute Gasteiger partial charge is 0.477 e. The highest BCUT2D eigenvalue weighted by atomic mass is 16.5. The van der Waals surface area contributed by atoms with Crippen LogP contribution in [-0.2, 0) is 0 Å². The molecule has 0 saturated heterocycles. The number of aromatic nitrogens is 2. The number of hydrogen-bond acceptors (Lipinski definition) is 4. The fraction of sp³-hybridized carbons (Fsp3) is 0.444. The lowest BCUT2D eigenvalue weighted by atomic mass is 10.2. The van der Waals surface area contributed by atoms with Crippen molar-refractivity contribution >= 4 is 6.29 Å². The Morgan fingerprint density at radius 1 is 1.54 bits per heavy atom. The molecule has 0 radical (unpaired) electrons. The van der Waals surface area contributed by atoms with Gasteiger partial charge in [0.25, 0.3) is 0 Å². The van der Waals surface area contributed by atoms with Crippen LogP contribution in [0.2, 0.25) is 0 Å². The van der Waals surface area contributed by atoms with Crippen molar-refractivity contribution in [1.82, 2.24) is 9.97 Å². The summed E-state index contributed by atoms with van der Waals surface area (Å²) in [5.74, 6) is 0.889. The van der Waals surface area contributed by atoms with E-state index in [0.717, 1.165) is 0 Å². The maximum Gasteiger partial charge on any atom is 0.217 e. The number of rotatable bonds is 4. The van der Waals surface area contributed by atoms with Crippen LogP contribution in [0.1, 0.15) is 24.3 Å². The SMILES string of the molecule is CC(C)COc1cc(C=O)ncn1. The second-order valence-corrected chi connectivity index (χ2v) is 3.10. The van der Waals surface area contributed by atoms with E-state index in [9.17, 15) is 4.79 Å². The van der Waals surface area contributed by atoms with Gasteiger partial charge in [-0.05, 0) is 5.92 Å². The van der Waals surface area contributed by atoms with Crippen LogP contribution in [-0.4, -0.2) is 22.9 Å². The highest BCUT2D eigenvalue weighted by molar-refractivity contribution is 5.71. The van der Waals surface area contributed by atoms with Crippen LogP contribution in [0.5, 0.6) is 5.88 Å². The molecule has 0 bridgehead atoms. The first-order valence-electron chi connectivity index (χ1n) is 4.12. The summed E-state index contributed by atoms with van der Waals surface area (Å²) in [6.45, 7) is 4.68. The first-order chi connectivity index (χ1) is 6.22. The van der Waals surface area contributed by atoms with Crippen LogP contribution < -0.4 is 4.74 Å². The minimum atomic E-state index is 0.341. The Bertz CT molecular complexity index is 287. The number of carbonyl (C=O) groups excluding carboxylic acids is 1. The smallest absolute Gasteiger partial charge is 0.217 e. The average Bonchev–Trinajstić information content (AvgIpc) is 2.15. The summed E-state index contributed by atoms with van der Waals surface area (Å²) in [6, 6.07) is 1.52. The van der Waals surface area contributed by atoms with Crippen LogP contribution in [0.25, 0.3) is 0 Å². The molecule has 0 unspecified atom stereocenters. The third kappa shape index (κ3) is 3.19. The third-order valence-corrected chi connectivity index (χ3v) is 1.35. The van der Waals surface area contributed by atoms with Gasteiger partial charge in [0.05, 0.1) is 6.61 Å². The standard InChI is InChI=1S/C9H12N2O2/c1-7(2)5-13-9-3-8(4-12)10-6-11-9/h3-4,6-7H,5H2,1-2H3. The molecule has 1 rings (SSSR count). The number of nitrogens with zero attached hydrogens (tertiary/aromatic N) is 2. The number of hydrogen-bond donors (Lipinski definition) is 0. The van der Waals surface area contributed by atoms with Gasteiger partial charge in [0.2, 0.25) is 5.88 Å². The van der Waals surface area contributed by atoms with E-state index in [1.807, 2.05) is 13.8 Å². The van der Waals surface area contributed by atoms with Crippen molar-refractivity contribution in [3.05, 3.63) is 18.1 Å². The van der Waals surface area contributed by atoms with Crippen molar-refractivity contribution in [2.45, 2.75) is 13.8 Å². The number of ether oxygens (including phenoxy) is 1. The molecule has 4 heteroatoms. The highest BCUT2D eigenvalue weighted by Crippen LogP contribution is 2.06. The van der Waals surface area contributed by atoms with Gasteiger partial charge in [-0.2, -0.15) is 0 Å². The summed E-state index contributed by atoms with van der Waals surface area (Å²) in [4.78, 5) is 17.9. The molecule has 1 aromatic heterocycles. The van der Waals surface area contributed by atoms with Crippen LogP contribution in [0.3, 0.4) is 0 Å². The topological polar surface area (TPSA) is 52.1 Å². The summed E-state index contributed by atoms with van der Waals surface area (Å²) < 4.78 is 5.30. The lowest BCUT2D eigenvalue weighted by molar-refractivity contribution is 0.111. The second kappa shape index (κ2) is 4.54. The molecular weight excluding hydrogens is 168 g/mol. The molecule has 0 spiro atoms. The van der Waals surface area contributed by atoms with E-state index in [4.69, 9.17) is 4.74 Å². The van der Waals surface area contributed by atoms with Crippen LogP contribution in [0.4, 0.5) is 0 Å². The Kier molecular flexibility index (Phi) is 3.37. The molecule has 0 aliphatic carbocycles. The summed E-state index contributed by atoms with van der Waals surface area (Å²) in [6.07, 6.45) is 1.99. The van der Waals surface area contributed by atoms with E-state index in [-0.39, 0.29) is 0 Å². The molecule has 0 fully saturated rings. The molecule has 0 N–H and O–H groups in total. The predicted molar refractivity (Wildman–Crippen MR) is 47.8 cm³/mol. The average molecular weight is 180 g/mol. The van der Waals surface area contributed by atoms with Crippen LogP contribution in [0, 0.1) is 5.92 Å². The Hall–Kier alpha value is -1.45.